The van der Waals surface area contributed by atoms with E-state index < -0.39 is 6.04 Å². The van der Waals surface area contributed by atoms with Gasteiger partial charge >= 0.3 is 0 Å². The fraction of sp³-hybridized carbons (Fsp3) is 0.333. The Morgan fingerprint density at radius 2 is 2.17 bits per heavy atom. The quantitative estimate of drug-likeness (QED) is 0.635. The zero-order chi connectivity index (χ0) is 17.3. The number of fused-ring (bicyclic) bond motifs is 1. The van der Waals surface area contributed by atoms with Crippen LogP contribution < -0.4 is 10.3 Å². The van der Waals surface area contributed by atoms with E-state index >= 15 is 0 Å². The molecule has 1 saturated carbocycles. The van der Waals surface area contributed by atoms with E-state index in [4.69, 9.17) is 4.74 Å². The number of Topliss-reactive ketones (excluding diaryl/α,β-unsaturated/α-hetero) is 2. The molecule has 1 aromatic carbocycles. The predicted octanol–water partition coefficient (Wildman–Crippen LogP) is 2.13. The molecule has 2 aromatic rings. The van der Waals surface area contributed by atoms with Gasteiger partial charge in [-0.15, -0.1) is 0 Å². The van der Waals surface area contributed by atoms with Gasteiger partial charge in [0.15, 0.2) is 5.78 Å². The number of ether oxygens (including phenoxy) is 1. The molecule has 1 atom stereocenters. The molecule has 0 aliphatic heterocycles. The van der Waals surface area contributed by atoms with Crippen LogP contribution in [0.3, 0.4) is 0 Å². The average Bonchev–Trinajstić information content (AvgIpc) is 2.55. The van der Waals surface area contributed by atoms with Crippen LogP contribution in [-0.2, 0) is 9.59 Å². The Morgan fingerprint density at radius 1 is 1.38 bits per heavy atom. The molecule has 0 radical (unpaired) electrons. The van der Waals surface area contributed by atoms with Crippen LogP contribution in [0.4, 0.5) is 0 Å². The highest BCUT2D eigenvalue weighted by Crippen LogP contribution is 2.26. The minimum Gasteiger partial charge on any atom is -0.487 e. The Bertz CT molecular complexity index is 898. The summed E-state index contributed by atoms with van der Waals surface area (Å²) in [4.78, 5) is 41.0. The highest BCUT2D eigenvalue weighted by molar-refractivity contribution is 6.03. The molecule has 6 heteroatoms. The average molecular weight is 326 g/mol. The van der Waals surface area contributed by atoms with Crippen molar-refractivity contribution in [3.8, 4) is 5.75 Å². The van der Waals surface area contributed by atoms with Crippen molar-refractivity contribution >= 4 is 22.5 Å². The van der Waals surface area contributed by atoms with E-state index in [0.29, 0.717) is 41.9 Å². The van der Waals surface area contributed by atoms with Crippen molar-refractivity contribution < 1.29 is 14.3 Å². The van der Waals surface area contributed by atoms with E-state index in [-0.39, 0.29) is 23.5 Å². The molecule has 0 bridgehead atoms. The van der Waals surface area contributed by atoms with Gasteiger partial charge in [-0.25, -0.2) is 4.98 Å². The van der Waals surface area contributed by atoms with Crippen LogP contribution in [0, 0.1) is 6.92 Å². The van der Waals surface area contributed by atoms with Crippen molar-refractivity contribution in [3.05, 3.63) is 47.0 Å². The maximum atomic E-state index is 12.9. The molecule has 0 N–H and O–H groups in total. The third-order valence-corrected chi connectivity index (χ3v) is 4.18. The summed E-state index contributed by atoms with van der Waals surface area (Å²) in [6, 6.07) is 4.51. The minimum atomic E-state index is -0.621. The SMILES string of the molecule is C=CCOc1cccc2c(=O)n(C3CCC(=O)CC3=O)c(C)nc12. The van der Waals surface area contributed by atoms with Crippen molar-refractivity contribution in [2.24, 2.45) is 0 Å². The van der Waals surface area contributed by atoms with Crippen molar-refractivity contribution in [1.82, 2.24) is 9.55 Å². The molecule has 0 saturated heterocycles. The Hall–Kier alpha value is -2.76. The molecule has 1 aliphatic rings. The van der Waals surface area contributed by atoms with Gasteiger partial charge in [-0.3, -0.25) is 19.0 Å². The molecule has 1 fully saturated rings. The lowest BCUT2D eigenvalue weighted by atomic mass is 9.92. The lowest BCUT2D eigenvalue weighted by molar-refractivity contribution is -0.132. The number of para-hydroxylation sites is 1. The molecule has 124 valence electrons. The van der Waals surface area contributed by atoms with Crippen LogP contribution in [-0.4, -0.2) is 27.7 Å². The molecule has 1 aliphatic carbocycles. The molecule has 1 unspecified atom stereocenters. The van der Waals surface area contributed by atoms with E-state index in [0.717, 1.165) is 0 Å². The van der Waals surface area contributed by atoms with E-state index in [1.165, 1.54) is 4.57 Å². The second kappa shape index (κ2) is 6.39. The normalized spacial score (nSPS) is 18.0. The van der Waals surface area contributed by atoms with Crippen LogP contribution in [0.2, 0.25) is 0 Å². The van der Waals surface area contributed by atoms with Crippen molar-refractivity contribution in [1.29, 1.82) is 0 Å². The highest BCUT2D eigenvalue weighted by Gasteiger charge is 2.30. The Balaban J connectivity index is 2.14. The van der Waals surface area contributed by atoms with E-state index in [2.05, 4.69) is 11.6 Å². The predicted molar refractivity (Wildman–Crippen MR) is 89.3 cm³/mol. The second-order valence-corrected chi connectivity index (χ2v) is 5.82. The smallest absolute Gasteiger partial charge is 0.262 e. The van der Waals surface area contributed by atoms with Gasteiger partial charge in [-0.1, -0.05) is 18.7 Å². The largest absolute Gasteiger partial charge is 0.487 e. The lowest BCUT2D eigenvalue weighted by Gasteiger charge is -2.24. The number of aryl methyl sites for hydroxylation is 1. The van der Waals surface area contributed by atoms with Gasteiger partial charge in [0.25, 0.3) is 5.56 Å². The van der Waals surface area contributed by atoms with Gasteiger partial charge in [0, 0.05) is 6.42 Å². The first-order chi connectivity index (χ1) is 11.5. The van der Waals surface area contributed by atoms with Gasteiger partial charge in [-0.2, -0.15) is 0 Å². The molecular weight excluding hydrogens is 308 g/mol. The first kappa shape index (κ1) is 16.1. The van der Waals surface area contributed by atoms with Gasteiger partial charge in [0.1, 0.15) is 29.5 Å². The van der Waals surface area contributed by atoms with E-state index in [9.17, 15) is 14.4 Å². The maximum Gasteiger partial charge on any atom is 0.262 e. The number of benzene rings is 1. The number of aromatic nitrogens is 2. The minimum absolute atomic E-state index is 0.0733. The van der Waals surface area contributed by atoms with Crippen molar-refractivity contribution in [2.45, 2.75) is 32.2 Å². The van der Waals surface area contributed by atoms with Crippen LogP contribution in [0.1, 0.15) is 31.1 Å². The number of carbonyl (C=O) groups is 2. The lowest BCUT2D eigenvalue weighted by Crippen LogP contribution is -2.36. The Morgan fingerprint density at radius 3 is 2.88 bits per heavy atom. The number of carbonyl (C=O) groups excluding carboxylic acids is 2. The molecule has 0 amide bonds. The van der Waals surface area contributed by atoms with Gasteiger partial charge in [0.05, 0.1) is 17.8 Å². The van der Waals surface area contributed by atoms with Gasteiger partial charge in [0.2, 0.25) is 0 Å². The van der Waals surface area contributed by atoms with Gasteiger partial charge in [-0.05, 0) is 25.5 Å². The van der Waals surface area contributed by atoms with Crippen molar-refractivity contribution in [2.75, 3.05) is 6.61 Å². The molecule has 24 heavy (non-hydrogen) atoms. The Labute approximate surface area is 138 Å². The molecule has 1 aromatic heterocycles. The number of ketones is 2. The maximum absolute atomic E-state index is 12.9. The zero-order valence-electron chi connectivity index (χ0n) is 13.4. The molecular formula is C18H18N2O4. The van der Waals surface area contributed by atoms with E-state index in [1.807, 2.05) is 0 Å². The first-order valence-corrected chi connectivity index (χ1v) is 7.83. The third kappa shape index (κ3) is 2.75. The molecule has 3 rings (SSSR count). The van der Waals surface area contributed by atoms with Crippen LogP contribution >= 0.6 is 0 Å². The fourth-order valence-electron chi connectivity index (χ4n) is 3.07. The summed E-state index contributed by atoms with van der Waals surface area (Å²) in [5.74, 6) is 0.646. The van der Waals surface area contributed by atoms with Crippen LogP contribution in [0.5, 0.6) is 5.75 Å². The molecule has 0 spiro atoms. The number of hydrogen-bond donors (Lipinski definition) is 0. The number of hydrogen-bond acceptors (Lipinski definition) is 5. The number of rotatable bonds is 4. The second-order valence-electron chi connectivity index (χ2n) is 5.82. The third-order valence-electron chi connectivity index (χ3n) is 4.18. The van der Waals surface area contributed by atoms with Crippen LogP contribution in [0.15, 0.2) is 35.6 Å². The van der Waals surface area contributed by atoms with Crippen molar-refractivity contribution in [3.63, 3.8) is 0 Å². The first-order valence-electron chi connectivity index (χ1n) is 7.83. The summed E-state index contributed by atoms with van der Waals surface area (Å²) < 4.78 is 6.97. The molecule has 1 heterocycles. The molecule has 6 nitrogen and oxygen atoms in total. The topological polar surface area (TPSA) is 78.3 Å². The fourth-order valence-corrected chi connectivity index (χ4v) is 3.07. The Kier molecular flexibility index (Phi) is 4.29. The monoisotopic (exact) mass is 326 g/mol. The summed E-state index contributed by atoms with van der Waals surface area (Å²) in [6.07, 6.45) is 2.16. The van der Waals surface area contributed by atoms with E-state index in [1.54, 1.807) is 31.2 Å². The standard InChI is InChI=1S/C18H18N2O4/c1-3-9-24-16-6-4-5-13-17(16)19-11(2)20(18(13)23)14-8-7-12(21)10-15(14)22/h3-6,14H,1,7-10H2,2H3. The van der Waals surface area contributed by atoms with Gasteiger partial charge < -0.3 is 4.74 Å². The summed E-state index contributed by atoms with van der Waals surface area (Å²) in [5, 5.41) is 0.395. The van der Waals surface area contributed by atoms with Crippen LogP contribution in [0.25, 0.3) is 10.9 Å². The zero-order valence-corrected chi connectivity index (χ0v) is 13.4. The number of nitrogens with zero attached hydrogens (tertiary/aromatic N) is 2. The summed E-state index contributed by atoms with van der Waals surface area (Å²) in [6.45, 7) is 5.61. The summed E-state index contributed by atoms with van der Waals surface area (Å²) in [5.41, 5.74) is 0.187. The summed E-state index contributed by atoms with van der Waals surface area (Å²) in [7, 11) is 0. The highest BCUT2D eigenvalue weighted by atomic mass is 16.5. The summed E-state index contributed by atoms with van der Waals surface area (Å²) >= 11 is 0.